The summed E-state index contributed by atoms with van der Waals surface area (Å²) in [6.45, 7) is 3.18. The maximum absolute atomic E-state index is 12.6. The quantitative estimate of drug-likeness (QED) is 0.700. The lowest BCUT2D eigenvalue weighted by Gasteiger charge is -2.12. The van der Waals surface area contributed by atoms with Gasteiger partial charge in [0.1, 0.15) is 5.82 Å². The molecule has 0 bridgehead atoms. The van der Waals surface area contributed by atoms with Gasteiger partial charge in [0, 0.05) is 19.0 Å². The number of aryl methyl sites for hydroxylation is 1. The summed E-state index contributed by atoms with van der Waals surface area (Å²) in [7, 11) is 0. The molecule has 7 heteroatoms. The zero-order valence-electron chi connectivity index (χ0n) is 11.7. The fourth-order valence-corrected chi connectivity index (χ4v) is 2.81. The van der Waals surface area contributed by atoms with Gasteiger partial charge in [-0.05, 0) is 25.8 Å². The van der Waals surface area contributed by atoms with Crippen LogP contribution in [0.1, 0.15) is 18.7 Å². The summed E-state index contributed by atoms with van der Waals surface area (Å²) in [6, 6.07) is 1.88. The summed E-state index contributed by atoms with van der Waals surface area (Å²) >= 11 is 0. The first-order valence-corrected chi connectivity index (χ1v) is 7.05. The maximum atomic E-state index is 12.6. The number of hydrogen-bond donors (Lipinski definition) is 0. The molecule has 1 atom stereocenters. The molecular formula is C14H15N5O2. The van der Waals surface area contributed by atoms with Gasteiger partial charge >= 0.3 is 0 Å². The van der Waals surface area contributed by atoms with Crippen molar-refractivity contribution in [2.45, 2.75) is 32.4 Å². The Morgan fingerprint density at radius 1 is 1.48 bits per heavy atom. The van der Waals surface area contributed by atoms with Gasteiger partial charge in [0.25, 0.3) is 11.3 Å². The number of hydrogen-bond acceptors (Lipinski definition) is 5. The van der Waals surface area contributed by atoms with E-state index in [4.69, 9.17) is 4.74 Å². The molecule has 0 unspecified atom stereocenters. The first-order chi connectivity index (χ1) is 10.2. The fraction of sp³-hybridized carbons (Fsp3) is 0.429. The summed E-state index contributed by atoms with van der Waals surface area (Å²) in [5, 5.41) is 4.83. The second-order valence-electron chi connectivity index (χ2n) is 5.34. The van der Waals surface area contributed by atoms with E-state index in [0.717, 1.165) is 25.0 Å². The van der Waals surface area contributed by atoms with Gasteiger partial charge in [-0.2, -0.15) is 9.50 Å². The first kappa shape index (κ1) is 12.5. The van der Waals surface area contributed by atoms with Crippen molar-refractivity contribution < 1.29 is 4.74 Å². The molecule has 0 aliphatic carbocycles. The number of aromatic nitrogens is 5. The Morgan fingerprint density at radius 3 is 3.19 bits per heavy atom. The van der Waals surface area contributed by atoms with E-state index < -0.39 is 0 Å². The van der Waals surface area contributed by atoms with Crippen LogP contribution in [0.25, 0.3) is 16.7 Å². The Hall–Kier alpha value is -2.28. The molecule has 0 aromatic carbocycles. The summed E-state index contributed by atoms with van der Waals surface area (Å²) in [4.78, 5) is 21.0. The number of fused-ring (bicyclic) bond motifs is 3. The Balaban J connectivity index is 1.86. The summed E-state index contributed by atoms with van der Waals surface area (Å²) in [5.74, 6) is 1.15. The van der Waals surface area contributed by atoms with Gasteiger partial charge in [-0.15, -0.1) is 5.10 Å². The second kappa shape index (κ2) is 4.63. The molecule has 1 aliphatic rings. The number of rotatable bonds is 2. The van der Waals surface area contributed by atoms with Crippen LogP contribution in [0.15, 0.2) is 23.3 Å². The molecule has 1 aliphatic heterocycles. The van der Waals surface area contributed by atoms with E-state index in [1.807, 2.05) is 6.07 Å². The second-order valence-corrected chi connectivity index (χ2v) is 5.34. The highest BCUT2D eigenvalue weighted by molar-refractivity contribution is 5.78. The molecule has 0 spiro atoms. The van der Waals surface area contributed by atoms with Crippen molar-refractivity contribution in [3.8, 4) is 0 Å². The highest BCUT2D eigenvalue weighted by Crippen LogP contribution is 2.15. The smallest absolute Gasteiger partial charge is 0.261 e. The largest absolute Gasteiger partial charge is 0.376 e. The van der Waals surface area contributed by atoms with E-state index in [2.05, 4.69) is 15.1 Å². The van der Waals surface area contributed by atoms with Gasteiger partial charge in [-0.25, -0.2) is 4.98 Å². The van der Waals surface area contributed by atoms with E-state index in [1.165, 1.54) is 0 Å². The van der Waals surface area contributed by atoms with Crippen LogP contribution in [-0.2, 0) is 11.3 Å². The number of pyridine rings is 1. The average molecular weight is 285 g/mol. The van der Waals surface area contributed by atoms with Gasteiger partial charge in [-0.3, -0.25) is 4.79 Å². The molecule has 7 nitrogen and oxygen atoms in total. The molecular weight excluding hydrogens is 270 g/mol. The monoisotopic (exact) mass is 285 g/mol. The van der Waals surface area contributed by atoms with Crippen LogP contribution in [0, 0.1) is 6.92 Å². The van der Waals surface area contributed by atoms with E-state index in [1.54, 1.807) is 28.4 Å². The third kappa shape index (κ3) is 2.01. The van der Waals surface area contributed by atoms with E-state index >= 15 is 0 Å². The fourth-order valence-electron chi connectivity index (χ4n) is 2.81. The molecule has 21 heavy (non-hydrogen) atoms. The number of ether oxygens (including phenoxy) is 1. The third-order valence-electron chi connectivity index (χ3n) is 3.84. The lowest BCUT2D eigenvalue weighted by molar-refractivity contribution is 0.0963. The summed E-state index contributed by atoms with van der Waals surface area (Å²) in [6.07, 6.45) is 5.57. The Bertz CT molecular complexity index is 876. The molecule has 0 radical (unpaired) electrons. The van der Waals surface area contributed by atoms with E-state index in [9.17, 15) is 4.79 Å². The van der Waals surface area contributed by atoms with Gasteiger partial charge in [0.05, 0.1) is 23.6 Å². The molecule has 4 heterocycles. The minimum atomic E-state index is -0.0643. The van der Waals surface area contributed by atoms with Crippen LogP contribution in [0.5, 0.6) is 0 Å². The predicted molar refractivity (Wildman–Crippen MR) is 76.3 cm³/mol. The van der Waals surface area contributed by atoms with Crippen LogP contribution in [-0.4, -0.2) is 36.9 Å². The van der Waals surface area contributed by atoms with Crippen LogP contribution in [0.3, 0.4) is 0 Å². The minimum absolute atomic E-state index is 0.0643. The zero-order chi connectivity index (χ0) is 14.4. The Labute approximate surface area is 120 Å². The Morgan fingerprint density at radius 2 is 2.38 bits per heavy atom. The lowest BCUT2D eigenvalue weighted by atomic mass is 10.2. The normalized spacial score (nSPS) is 18.8. The van der Waals surface area contributed by atoms with Gasteiger partial charge in [0.15, 0.2) is 0 Å². The van der Waals surface area contributed by atoms with Gasteiger partial charge in [0.2, 0.25) is 0 Å². The van der Waals surface area contributed by atoms with E-state index in [0.29, 0.717) is 23.5 Å². The Kier molecular flexibility index (Phi) is 2.75. The molecule has 0 N–H and O–H groups in total. The highest BCUT2D eigenvalue weighted by atomic mass is 16.5. The molecule has 3 aromatic rings. The van der Waals surface area contributed by atoms with Crippen molar-refractivity contribution in [2.75, 3.05) is 6.61 Å². The molecule has 1 saturated heterocycles. The van der Waals surface area contributed by atoms with Gasteiger partial charge < -0.3 is 9.30 Å². The van der Waals surface area contributed by atoms with Crippen molar-refractivity contribution in [2.24, 2.45) is 0 Å². The maximum Gasteiger partial charge on any atom is 0.261 e. The van der Waals surface area contributed by atoms with Crippen molar-refractivity contribution in [1.29, 1.82) is 0 Å². The van der Waals surface area contributed by atoms with Crippen molar-refractivity contribution >= 4 is 16.7 Å². The van der Waals surface area contributed by atoms with Crippen molar-refractivity contribution in [1.82, 2.24) is 24.1 Å². The molecule has 4 rings (SSSR count). The van der Waals surface area contributed by atoms with Crippen molar-refractivity contribution in [3.63, 3.8) is 0 Å². The topological polar surface area (TPSA) is 74.3 Å². The molecule has 3 aromatic heterocycles. The lowest BCUT2D eigenvalue weighted by Crippen LogP contribution is -2.26. The van der Waals surface area contributed by atoms with Crippen LogP contribution >= 0.6 is 0 Å². The highest BCUT2D eigenvalue weighted by Gasteiger charge is 2.17. The zero-order valence-corrected chi connectivity index (χ0v) is 11.7. The van der Waals surface area contributed by atoms with Gasteiger partial charge in [-0.1, -0.05) is 0 Å². The SMILES string of the molecule is Cc1nc2ncc3c(=O)n(C[C@@H]4CCCO4)ccc3n2n1. The number of nitrogens with zero attached hydrogens (tertiary/aromatic N) is 5. The standard InChI is InChI=1S/C14H15N5O2/c1-9-16-14-15-7-11-12(19(14)17-9)4-5-18(13(11)20)8-10-3-2-6-21-10/h4-5,7,10H,2-3,6,8H2,1H3/t10-/m0/s1. The summed E-state index contributed by atoms with van der Waals surface area (Å²) in [5.41, 5.74) is 0.666. The van der Waals surface area contributed by atoms with Crippen molar-refractivity contribution in [3.05, 3.63) is 34.6 Å². The molecule has 1 fully saturated rings. The first-order valence-electron chi connectivity index (χ1n) is 7.05. The van der Waals surface area contributed by atoms with E-state index in [-0.39, 0.29) is 11.7 Å². The molecule has 0 amide bonds. The average Bonchev–Trinajstić information content (AvgIpc) is 3.10. The van der Waals surface area contributed by atoms with Crippen LogP contribution < -0.4 is 5.56 Å². The van der Waals surface area contributed by atoms with Crippen LogP contribution in [0.2, 0.25) is 0 Å². The minimum Gasteiger partial charge on any atom is -0.376 e. The molecule has 108 valence electrons. The third-order valence-corrected chi connectivity index (χ3v) is 3.84. The molecule has 0 saturated carbocycles. The van der Waals surface area contributed by atoms with Crippen LogP contribution in [0.4, 0.5) is 0 Å². The summed E-state index contributed by atoms with van der Waals surface area (Å²) < 4.78 is 8.90. The predicted octanol–water partition coefficient (Wildman–Crippen LogP) is 0.927.